The second-order valence-electron chi connectivity index (χ2n) is 6.93. The van der Waals surface area contributed by atoms with Gasteiger partial charge in [-0.05, 0) is 45.4 Å². The maximum Gasteiger partial charge on any atom is 0.303 e. The molecule has 0 unspecified atom stereocenters. The first kappa shape index (κ1) is 31.8. The van der Waals surface area contributed by atoms with Gasteiger partial charge in [0.05, 0.1) is 0 Å². The Bertz CT molecular complexity index is 303. The van der Waals surface area contributed by atoms with Crippen LogP contribution in [0.15, 0.2) is 12.2 Å². The average molecular weight is 405 g/mol. The molecule has 0 rings (SSSR count). The summed E-state index contributed by atoms with van der Waals surface area (Å²) in [6.07, 6.45) is 20.5. The van der Waals surface area contributed by atoms with Crippen molar-refractivity contribution in [2.45, 2.75) is 123 Å². The largest absolute Gasteiger partial charge is 0.481 e. The molecule has 0 heterocycles. The van der Waals surface area contributed by atoms with Gasteiger partial charge in [-0.1, -0.05) is 77.4 Å². The Morgan fingerprint density at radius 2 is 1.11 bits per heavy atom. The van der Waals surface area contributed by atoms with Gasteiger partial charge >= 0.3 is 5.97 Å². The minimum atomic E-state index is -1.12. The van der Waals surface area contributed by atoms with E-state index >= 15 is 0 Å². The Balaban J connectivity index is -0.000000657. The van der Waals surface area contributed by atoms with Crippen molar-refractivity contribution in [2.75, 3.05) is 6.61 Å². The van der Waals surface area contributed by atoms with E-state index in [1.54, 1.807) is 13.8 Å². The standard InChI is InChI=1S/C18H34O2.C3H8O2.C2H6O/c1-2-3-4-5-6-7-8-9-10-11-12-13-14-15-16-17-18(19)20;1-2-3(4)5;1-2-3/h9-10H,2-8,11-17H2,1H3,(H,19,20);3-5H,2H2,1H3;3H,2H2,1H3/b10-9-;;. The number of carbonyl (C=O) groups is 1. The molecule has 0 radical (unpaired) electrons. The van der Waals surface area contributed by atoms with Gasteiger partial charge in [-0.2, -0.15) is 0 Å². The van der Waals surface area contributed by atoms with Gasteiger partial charge in [0.1, 0.15) is 0 Å². The number of aliphatic hydroxyl groups excluding tert-OH is 2. The van der Waals surface area contributed by atoms with E-state index in [4.69, 9.17) is 20.4 Å². The summed E-state index contributed by atoms with van der Waals surface area (Å²) in [6.45, 7) is 5.89. The lowest BCUT2D eigenvalue weighted by Crippen LogP contribution is -1.99. The summed E-state index contributed by atoms with van der Waals surface area (Å²) in [6, 6.07) is 0. The highest BCUT2D eigenvalue weighted by molar-refractivity contribution is 5.66. The highest BCUT2D eigenvalue weighted by atomic mass is 16.5. The molecule has 5 nitrogen and oxygen atoms in total. The number of hydrogen-bond donors (Lipinski definition) is 4. The number of aliphatic carboxylic acids is 1. The lowest BCUT2D eigenvalue weighted by atomic mass is 10.1. The van der Waals surface area contributed by atoms with Gasteiger partial charge in [0.2, 0.25) is 0 Å². The van der Waals surface area contributed by atoms with Crippen LogP contribution < -0.4 is 0 Å². The van der Waals surface area contributed by atoms with Gasteiger partial charge in [0.15, 0.2) is 6.29 Å². The second-order valence-corrected chi connectivity index (χ2v) is 6.93. The average Bonchev–Trinajstić information content (AvgIpc) is 2.65. The van der Waals surface area contributed by atoms with Gasteiger partial charge < -0.3 is 20.4 Å². The minimum absolute atomic E-state index is 0.250. The molecule has 28 heavy (non-hydrogen) atoms. The van der Waals surface area contributed by atoms with Crippen molar-refractivity contribution in [1.82, 2.24) is 0 Å². The Morgan fingerprint density at radius 3 is 1.46 bits per heavy atom. The van der Waals surface area contributed by atoms with Crippen molar-refractivity contribution in [3.63, 3.8) is 0 Å². The van der Waals surface area contributed by atoms with Gasteiger partial charge in [-0.15, -0.1) is 0 Å². The molecule has 0 atom stereocenters. The summed E-state index contributed by atoms with van der Waals surface area (Å²) >= 11 is 0. The number of hydrogen-bond acceptors (Lipinski definition) is 4. The first-order valence-electron chi connectivity index (χ1n) is 11.3. The topological polar surface area (TPSA) is 98.0 Å². The Morgan fingerprint density at radius 1 is 0.750 bits per heavy atom. The highest BCUT2D eigenvalue weighted by Gasteiger charge is 1.95. The van der Waals surface area contributed by atoms with Crippen molar-refractivity contribution in [1.29, 1.82) is 0 Å². The van der Waals surface area contributed by atoms with Crippen LogP contribution in [-0.4, -0.2) is 39.3 Å². The van der Waals surface area contributed by atoms with Crippen molar-refractivity contribution < 1.29 is 25.2 Å². The smallest absolute Gasteiger partial charge is 0.303 e. The molecule has 4 N–H and O–H groups in total. The van der Waals surface area contributed by atoms with E-state index in [-0.39, 0.29) is 6.61 Å². The predicted molar refractivity (Wildman–Crippen MR) is 118 cm³/mol. The molecule has 0 saturated carbocycles. The van der Waals surface area contributed by atoms with Gasteiger partial charge in [-0.25, -0.2) is 0 Å². The van der Waals surface area contributed by atoms with Crippen LogP contribution in [0.25, 0.3) is 0 Å². The first-order chi connectivity index (χ1) is 13.5. The maximum absolute atomic E-state index is 10.3. The monoisotopic (exact) mass is 404 g/mol. The fourth-order valence-corrected chi connectivity index (χ4v) is 2.35. The third kappa shape index (κ3) is 44.5. The number of allylic oxidation sites excluding steroid dienone is 2. The molecule has 0 aliphatic heterocycles. The van der Waals surface area contributed by atoms with Crippen LogP contribution in [0.5, 0.6) is 0 Å². The molecule has 0 bridgehead atoms. The Kier molecular flexibility index (Phi) is 35.0. The van der Waals surface area contributed by atoms with Crippen LogP contribution in [0.2, 0.25) is 0 Å². The zero-order chi connectivity index (χ0) is 21.9. The highest BCUT2D eigenvalue weighted by Crippen LogP contribution is 2.09. The molecule has 0 aliphatic rings. The molecule has 0 aromatic heterocycles. The molecule has 0 spiro atoms. The van der Waals surface area contributed by atoms with Crippen molar-refractivity contribution in [2.24, 2.45) is 0 Å². The zero-order valence-electron chi connectivity index (χ0n) is 18.7. The van der Waals surface area contributed by atoms with Gasteiger partial charge in [0.25, 0.3) is 0 Å². The third-order valence-corrected chi connectivity index (χ3v) is 4.02. The molecule has 0 saturated heterocycles. The zero-order valence-corrected chi connectivity index (χ0v) is 18.7. The van der Waals surface area contributed by atoms with Crippen LogP contribution in [0.1, 0.15) is 117 Å². The second kappa shape index (κ2) is 30.8. The number of unbranched alkanes of at least 4 members (excludes halogenated alkanes) is 11. The number of rotatable bonds is 16. The third-order valence-electron chi connectivity index (χ3n) is 4.02. The molecule has 0 aromatic rings. The van der Waals surface area contributed by atoms with E-state index in [1.807, 2.05) is 0 Å². The summed E-state index contributed by atoms with van der Waals surface area (Å²) in [5.41, 5.74) is 0. The summed E-state index contributed by atoms with van der Waals surface area (Å²) in [5, 5.41) is 31.9. The summed E-state index contributed by atoms with van der Waals surface area (Å²) in [4.78, 5) is 10.3. The molecule has 0 amide bonds. The fraction of sp³-hybridized carbons (Fsp3) is 0.870. The number of carboxylic acid groups (broad SMARTS) is 1. The summed E-state index contributed by atoms with van der Waals surface area (Å²) in [7, 11) is 0. The lowest BCUT2D eigenvalue weighted by Gasteiger charge is -1.99. The predicted octanol–water partition coefficient (Wildman–Crippen LogP) is 5.81. The van der Waals surface area contributed by atoms with Gasteiger partial charge in [0, 0.05) is 13.0 Å². The molecule has 0 aromatic carbocycles. The SMILES string of the molecule is CCC(O)O.CCCCCCCC/C=C\CCCCCCCC(=O)O.CCO. The molecular formula is C23H48O5. The van der Waals surface area contributed by atoms with E-state index < -0.39 is 12.3 Å². The number of carboxylic acids is 1. The van der Waals surface area contributed by atoms with Crippen LogP contribution in [0, 0.1) is 0 Å². The quantitative estimate of drug-likeness (QED) is 0.148. The van der Waals surface area contributed by atoms with E-state index in [9.17, 15) is 4.79 Å². The Hall–Kier alpha value is -0.910. The van der Waals surface area contributed by atoms with Crippen molar-refractivity contribution >= 4 is 5.97 Å². The fourth-order valence-electron chi connectivity index (χ4n) is 2.35. The summed E-state index contributed by atoms with van der Waals surface area (Å²) < 4.78 is 0. The van der Waals surface area contributed by atoms with Crippen LogP contribution in [0.4, 0.5) is 0 Å². The van der Waals surface area contributed by atoms with E-state index in [2.05, 4.69) is 19.1 Å². The lowest BCUT2D eigenvalue weighted by molar-refractivity contribution is -0.137. The normalized spacial score (nSPS) is 10.4. The van der Waals surface area contributed by atoms with Crippen LogP contribution in [-0.2, 0) is 4.79 Å². The molecule has 5 heteroatoms. The van der Waals surface area contributed by atoms with Crippen LogP contribution >= 0.6 is 0 Å². The summed E-state index contributed by atoms with van der Waals surface area (Å²) in [5.74, 6) is -0.664. The minimum Gasteiger partial charge on any atom is -0.481 e. The van der Waals surface area contributed by atoms with Gasteiger partial charge in [-0.3, -0.25) is 4.79 Å². The maximum atomic E-state index is 10.3. The van der Waals surface area contributed by atoms with E-state index in [1.165, 1.54) is 70.6 Å². The van der Waals surface area contributed by atoms with E-state index in [0.717, 1.165) is 12.8 Å². The van der Waals surface area contributed by atoms with Crippen molar-refractivity contribution in [3.8, 4) is 0 Å². The molecule has 170 valence electrons. The van der Waals surface area contributed by atoms with Crippen molar-refractivity contribution in [3.05, 3.63) is 12.2 Å². The number of aliphatic hydroxyl groups is 3. The molecule has 0 fully saturated rings. The van der Waals surface area contributed by atoms with E-state index in [0.29, 0.717) is 12.8 Å². The Labute approximate surface area is 173 Å². The molecular weight excluding hydrogens is 356 g/mol. The first-order valence-corrected chi connectivity index (χ1v) is 11.3. The van der Waals surface area contributed by atoms with Crippen LogP contribution in [0.3, 0.4) is 0 Å². The molecule has 0 aliphatic carbocycles.